The van der Waals surface area contributed by atoms with Gasteiger partial charge >= 0.3 is 5.97 Å². The van der Waals surface area contributed by atoms with Crippen molar-refractivity contribution in [3.8, 4) is 5.75 Å². The van der Waals surface area contributed by atoms with Gasteiger partial charge in [0.1, 0.15) is 11.8 Å². The number of hydrogen-bond acceptors (Lipinski definition) is 6. The van der Waals surface area contributed by atoms with Gasteiger partial charge in [0.25, 0.3) is 0 Å². The van der Waals surface area contributed by atoms with Gasteiger partial charge in [0.05, 0.1) is 19.6 Å². The molecule has 222 valence electrons. The third kappa shape index (κ3) is 8.93. The number of carbonyl (C=O) groups is 3. The highest BCUT2D eigenvalue weighted by atomic mass is 35.5. The molecule has 2 unspecified atom stereocenters. The second-order valence-electron chi connectivity index (χ2n) is 10.1. The molecule has 0 heterocycles. The molecule has 2 N–H and O–H groups in total. The van der Waals surface area contributed by atoms with Crippen molar-refractivity contribution >= 4 is 34.9 Å². The topological polar surface area (TPSA) is 93.7 Å². The fraction of sp³-hybridized carbons (Fsp3) is 0.229. The highest BCUT2D eigenvalue weighted by molar-refractivity contribution is 6.30. The van der Waals surface area contributed by atoms with Gasteiger partial charge in [-0.1, -0.05) is 78.3 Å². The Morgan fingerprint density at radius 3 is 2.30 bits per heavy atom. The normalized spacial score (nSPS) is 12.1. The lowest BCUT2D eigenvalue weighted by molar-refractivity contribution is -0.141. The van der Waals surface area contributed by atoms with Gasteiger partial charge < -0.3 is 20.1 Å². The molecule has 0 fully saturated rings. The Morgan fingerprint density at radius 1 is 0.860 bits per heavy atom. The van der Waals surface area contributed by atoms with Gasteiger partial charge in [0.2, 0.25) is 5.91 Å². The summed E-state index contributed by atoms with van der Waals surface area (Å²) in [6.07, 6.45) is 0.989. The molecule has 0 aliphatic rings. The maximum Gasteiger partial charge on any atom is 0.328 e. The maximum absolute atomic E-state index is 13.1. The number of nitrogens with one attached hydrogen (secondary N) is 2. The van der Waals surface area contributed by atoms with E-state index in [4.69, 9.17) is 21.1 Å². The molecule has 0 aliphatic carbocycles. The number of ether oxygens (including phenoxy) is 2. The molecule has 0 saturated carbocycles. The molecule has 2 atom stereocenters. The van der Waals surface area contributed by atoms with Crippen molar-refractivity contribution in [1.29, 1.82) is 0 Å². The van der Waals surface area contributed by atoms with Crippen molar-refractivity contribution in [1.82, 2.24) is 5.32 Å². The monoisotopic (exact) mass is 598 g/mol. The summed E-state index contributed by atoms with van der Waals surface area (Å²) in [5, 5.41) is 6.77. The number of hydrogen-bond donors (Lipinski definition) is 2. The third-order valence-electron chi connectivity index (χ3n) is 7.02. The summed E-state index contributed by atoms with van der Waals surface area (Å²) >= 11 is 6.04. The molecule has 8 heteroatoms. The molecule has 4 aromatic rings. The summed E-state index contributed by atoms with van der Waals surface area (Å²) in [6.45, 7) is 2.77. The molecule has 0 radical (unpaired) electrons. The van der Waals surface area contributed by atoms with Crippen LogP contribution in [0, 0.1) is 0 Å². The van der Waals surface area contributed by atoms with Crippen LogP contribution in [-0.2, 0) is 20.7 Å². The number of rotatable bonds is 14. The van der Waals surface area contributed by atoms with Gasteiger partial charge in [-0.2, -0.15) is 0 Å². The number of amides is 1. The minimum absolute atomic E-state index is 0.0626. The van der Waals surface area contributed by atoms with E-state index in [0.29, 0.717) is 53.6 Å². The minimum atomic E-state index is -0.709. The Bertz CT molecular complexity index is 1530. The Labute approximate surface area is 257 Å². The largest absolute Gasteiger partial charge is 0.494 e. The molecular formula is C35H35ClN2O5. The van der Waals surface area contributed by atoms with Crippen molar-refractivity contribution in [2.75, 3.05) is 25.6 Å². The number of ketones is 1. The summed E-state index contributed by atoms with van der Waals surface area (Å²) in [6, 6.07) is 30.2. The van der Waals surface area contributed by atoms with E-state index >= 15 is 0 Å². The van der Waals surface area contributed by atoms with Gasteiger partial charge in [0, 0.05) is 34.8 Å². The molecule has 1 amide bonds. The molecule has 4 aromatic carbocycles. The smallest absolute Gasteiger partial charge is 0.328 e. The first-order chi connectivity index (χ1) is 20.9. The molecule has 4 rings (SSSR count). The average molecular weight is 599 g/mol. The Balaban J connectivity index is 1.29. The average Bonchev–Trinajstić information content (AvgIpc) is 3.04. The molecular weight excluding hydrogens is 564 g/mol. The first-order valence-corrected chi connectivity index (χ1v) is 14.5. The van der Waals surface area contributed by atoms with Crippen molar-refractivity contribution < 1.29 is 23.9 Å². The fourth-order valence-corrected chi connectivity index (χ4v) is 4.79. The highest BCUT2D eigenvalue weighted by Crippen LogP contribution is 2.23. The van der Waals surface area contributed by atoms with Crippen molar-refractivity contribution in [3.05, 3.63) is 130 Å². The number of methoxy groups -OCH3 is 1. The van der Waals surface area contributed by atoms with Gasteiger partial charge in [0.15, 0.2) is 5.78 Å². The van der Waals surface area contributed by atoms with E-state index < -0.39 is 12.0 Å². The van der Waals surface area contributed by atoms with Crippen LogP contribution in [0.2, 0.25) is 5.02 Å². The van der Waals surface area contributed by atoms with Crippen molar-refractivity contribution in [2.24, 2.45) is 0 Å². The van der Waals surface area contributed by atoms with E-state index in [2.05, 4.69) is 10.6 Å². The Kier molecular flexibility index (Phi) is 11.3. The zero-order valence-electron chi connectivity index (χ0n) is 24.2. The van der Waals surface area contributed by atoms with E-state index in [1.54, 1.807) is 42.5 Å². The van der Waals surface area contributed by atoms with E-state index in [1.165, 1.54) is 7.11 Å². The van der Waals surface area contributed by atoms with Crippen LogP contribution in [-0.4, -0.2) is 44.0 Å². The van der Waals surface area contributed by atoms with Crippen LogP contribution < -0.4 is 15.4 Å². The number of benzene rings is 4. The Hall–Kier alpha value is -4.62. The summed E-state index contributed by atoms with van der Waals surface area (Å²) in [4.78, 5) is 38.3. The van der Waals surface area contributed by atoms with E-state index in [0.717, 1.165) is 11.1 Å². The second-order valence-corrected chi connectivity index (χ2v) is 10.5. The molecule has 7 nitrogen and oxygen atoms in total. The number of para-hydroxylation sites is 1. The minimum Gasteiger partial charge on any atom is -0.494 e. The van der Waals surface area contributed by atoms with Crippen LogP contribution in [0.25, 0.3) is 0 Å². The summed E-state index contributed by atoms with van der Waals surface area (Å²) < 4.78 is 10.9. The van der Waals surface area contributed by atoms with Crippen LogP contribution in [0.4, 0.5) is 5.69 Å². The summed E-state index contributed by atoms with van der Waals surface area (Å²) in [5.41, 5.74) is 3.36. The van der Waals surface area contributed by atoms with Gasteiger partial charge in [-0.3, -0.25) is 9.59 Å². The maximum atomic E-state index is 13.1. The van der Waals surface area contributed by atoms with Crippen molar-refractivity contribution in [2.45, 2.75) is 31.7 Å². The summed E-state index contributed by atoms with van der Waals surface area (Å²) in [7, 11) is 1.34. The third-order valence-corrected chi connectivity index (χ3v) is 7.25. The first kappa shape index (κ1) is 31.3. The van der Waals surface area contributed by atoms with E-state index in [-0.39, 0.29) is 17.6 Å². The van der Waals surface area contributed by atoms with Gasteiger partial charge in [-0.05, 0) is 60.9 Å². The lowest BCUT2D eigenvalue weighted by Gasteiger charge is -2.20. The van der Waals surface area contributed by atoms with Crippen LogP contribution in [0.15, 0.2) is 103 Å². The van der Waals surface area contributed by atoms with Crippen molar-refractivity contribution in [3.63, 3.8) is 0 Å². The van der Waals surface area contributed by atoms with Crippen LogP contribution >= 0.6 is 11.6 Å². The lowest BCUT2D eigenvalue weighted by Crippen LogP contribution is -2.33. The highest BCUT2D eigenvalue weighted by Gasteiger charge is 2.23. The van der Waals surface area contributed by atoms with Gasteiger partial charge in [-0.25, -0.2) is 4.79 Å². The predicted molar refractivity (Wildman–Crippen MR) is 169 cm³/mol. The number of halogens is 1. The first-order valence-electron chi connectivity index (χ1n) is 14.1. The molecule has 0 aromatic heterocycles. The molecule has 0 spiro atoms. The summed E-state index contributed by atoms with van der Waals surface area (Å²) in [5.74, 6) is -0.248. The van der Waals surface area contributed by atoms with Crippen LogP contribution in [0.1, 0.15) is 46.3 Å². The van der Waals surface area contributed by atoms with E-state index in [9.17, 15) is 14.4 Å². The Morgan fingerprint density at radius 2 is 1.58 bits per heavy atom. The standard InChI is InChI=1S/C35H35ClN2O5/c1-24(27-12-8-13-28(36)23-27)34(40)37-20-9-21-43-29-18-16-25(17-19-29)22-32(35(41)42-2)38-31-15-7-6-14-30(31)33(39)26-10-4-3-5-11-26/h3-8,10-19,23-24,32,38H,9,20-22H2,1-2H3,(H,37,40). The second kappa shape index (κ2) is 15.6. The predicted octanol–water partition coefficient (Wildman–Crippen LogP) is 6.46. The lowest BCUT2D eigenvalue weighted by atomic mass is 10.00. The van der Waals surface area contributed by atoms with Gasteiger partial charge in [-0.15, -0.1) is 0 Å². The molecule has 43 heavy (non-hydrogen) atoms. The van der Waals surface area contributed by atoms with Crippen LogP contribution in [0.5, 0.6) is 5.75 Å². The number of anilines is 1. The number of carbonyl (C=O) groups excluding carboxylic acids is 3. The SMILES string of the molecule is COC(=O)C(Cc1ccc(OCCCNC(=O)C(C)c2cccc(Cl)c2)cc1)Nc1ccccc1C(=O)c1ccccc1. The van der Waals surface area contributed by atoms with E-state index in [1.807, 2.05) is 67.6 Å². The molecule has 0 aliphatic heterocycles. The zero-order valence-corrected chi connectivity index (χ0v) is 25.0. The van der Waals surface area contributed by atoms with Crippen LogP contribution in [0.3, 0.4) is 0 Å². The quantitative estimate of drug-likeness (QED) is 0.0983. The molecule has 0 saturated heterocycles. The number of esters is 1. The fourth-order valence-electron chi connectivity index (χ4n) is 4.59. The zero-order chi connectivity index (χ0) is 30.6. The molecule has 0 bridgehead atoms.